The summed E-state index contributed by atoms with van der Waals surface area (Å²) < 4.78 is 38.9. The number of rotatable bonds is 6. The van der Waals surface area contributed by atoms with Crippen molar-refractivity contribution in [1.82, 2.24) is 13.9 Å². The van der Waals surface area contributed by atoms with Crippen molar-refractivity contribution < 1.29 is 22.7 Å². The molecule has 1 N–H and O–H groups in total. The van der Waals surface area contributed by atoms with Crippen LogP contribution in [0, 0.1) is 5.92 Å². The third-order valence-corrected chi connectivity index (χ3v) is 6.98. The molecule has 9 heteroatoms. The maximum atomic E-state index is 12.8. The summed E-state index contributed by atoms with van der Waals surface area (Å²) in [5, 5.41) is 2.92. The summed E-state index contributed by atoms with van der Waals surface area (Å²) in [5.74, 6) is 0.294. The van der Waals surface area contributed by atoms with Crippen LogP contribution in [0.2, 0.25) is 0 Å². The number of ether oxygens (including phenoxy) is 2. The zero-order chi connectivity index (χ0) is 19.3. The van der Waals surface area contributed by atoms with Crippen LogP contribution in [-0.4, -0.2) is 69.4 Å². The van der Waals surface area contributed by atoms with Gasteiger partial charge in [-0.05, 0) is 30.5 Å². The van der Waals surface area contributed by atoms with Crippen molar-refractivity contribution in [3.05, 3.63) is 29.8 Å². The van der Waals surface area contributed by atoms with E-state index in [-0.39, 0.29) is 18.4 Å². The molecule has 27 heavy (non-hydrogen) atoms. The molecular weight excluding hydrogens is 370 g/mol. The average Bonchev–Trinajstić information content (AvgIpc) is 2.73. The highest BCUT2D eigenvalue weighted by Crippen LogP contribution is 2.22. The quantitative estimate of drug-likeness (QED) is 0.760. The van der Waals surface area contributed by atoms with E-state index in [0.717, 1.165) is 11.3 Å². The molecule has 8 nitrogen and oxygen atoms in total. The highest BCUT2D eigenvalue weighted by molar-refractivity contribution is 7.86. The molecule has 2 fully saturated rings. The minimum Gasteiger partial charge on any atom is -0.497 e. The Balaban J connectivity index is 1.57. The Labute approximate surface area is 160 Å². The molecule has 0 spiro atoms. The van der Waals surface area contributed by atoms with E-state index in [1.54, 1.807) is 7.11 Å². The largest absolute Gasteiger partial charge is 0.497 e. The van der Waals surface area contributed by atoms with Crippen LogP contribution in [0.4, 0.5) is 0 Å². The lowest BCUT2D eigenvalue weighted by atomic mass is 9.99. The Morgan fingerprint density at radius 1 is 1.26 bits per heavy atom. The number of nitrogens with zero attached hydrogens (tertiary/aromatic N) is 2. The number of hydrogen-bond acceptors (Lipinski definition) is 5. The number of carbonyl (C=O) groups is 1. The van der Waals surface area contributed by atoms with Gasteiger partial charge in [-0.3, -0.25) is 4.79 Å². The van der Waals surface area contributed by atoms with Crippen LogP contribution in [0.3, 0.4) is 0 Å². The third-order valence-electron chi connectivity index (χ3n) is 4.98. The van der Waals surface area contributed by atoms with E-state index in [1.807, 2.05) is 24.3 Å². The molecule has 0 bridgehead atoms. The Kier molecular flexibility index (Phi) is 6.69. The Bertz CT molecular complexity index is 749. The molecule has 1 aromatic carbocycles. The van der Waals surface area contributed by atoms with Gasteiger partial charge in [-0.15, -0.1) is 0 Å². The number of amides is 1. The number of carbonyl (C=O) groups excluding carboxylic acids is 1. The Morgan fingerprint density at radius 3 is 2.78 bits per heavy atom. The number of benzene rings is 1. The van der Waals surface area contributed by atoms with Gasteiger partial charge in [0, 0.05) is 32.7 Å². The van der Waals surface area contributed by atoms with Crippen molar-refractivity contribution >= 4 is 16.1 Å². The fraction of sp³-hybridized carbons (Fsp3) is 0.611. The summed E-state index contributed by atoms with van der Waals surface area (Å²) in [6.45, 7) is 2.64. The molecule has 2 aliphatic rings. The second-order valence-electron chi connectivity index (χ2n) is 6.79. The molecule has 0 aliphatic carbocycles. The Morgan fingerprint density at radius 2 is 2.04 bits per heavy atom. The van der Waals surface area contributed by atoms with Crippen LogP contribution < -0.4 is 10.1 Å². The van der Waals surface area contributed by atoms with Crippen LogP contribution in [0.15, 0.2) is 24.3 Å². The highest BCUT2D eigenvalue weighted by atomic mass is 32.2. The molecule has 2 aliphatic heterocycles. The summed E-state index contributed by atoms with van der Waals surface area (Å²) >= 11 is 0. The van der Waals surface area contributed by atoms with Crippen LogP contribution in [-0.2, 0) is 26.3 Å². The first kappa shape index (κ1) is 20.1. The van der Waals surface area contributed by atoms with Crippen LogP contribution in [0.25, 0.3) is 0 Å². The topological polar surface area (TPSA) is 88.2 Å². The first-order valence-electron chi connectivity index (χ1n) is 9.24. The van der Waals surface area contributed by atoms with E-state index in [0.29, 0.717) is 52.2 Å². The van der Waals surface area contributed by atoms with E-state index >= 15 is 0 Å². The fourth-order valence-corrected chi connectivity index (χ4v) is 5.09. The van der Waals surface area contributed by atoms with Gasteiger partial charge in [0.25, 0.3) is 10.2 Å². The minimum absolute atomic E-state index is 0.111. The van der Waals surface area contributed by atoms with Crippen molar-refractivity contribution in [2.45, 2.75) is 19.4 Å². The molecule has 0 unspecified atom stereocenters. The first-order valence-corrected chi connectivity index (χ1v) is 10.6. The van der Waals surface area contributed by atoms with Gasteiger partial charge in [0.15, 0.2) is 0 Å². The fourth-order valence-electron chi connectivity index (χ4n) is 3.42. The van der Waals surface area contributed by atoms with E-state index in [9.17, 15) is 13.2 Å². The molecule has 2 heterocycles. The third kappa shape index (κ3) is 4.98. The Hall–Kier alpha value is -1.68. The minimum atomic E-state index is -3.54. The zero-order valence-corrected chi connectivity index (χ0v) is 16.4. The molecular formula is C18H27N3O5S. The van der Waals surface area contributed by atoms with Gasteiger partial charge in [0.1, 0.15) is 5.75 Å². The number of morpholine rings is 1. The second kappa shape index (κ2) is 9.01. The lowest BCUT2D eigenvalue weighted by Gasteiger charge is -2.36. The number of piperidine rings is 1. The highest BCUT2D eigenvalue weighted by Gasteiger charge is 2.36. The van der Waals surface area contributed by atoms with Crippen LogP contribution in [0.5, 0.6) is 5.75 Å². The van der Waals surface area contributed by atoms with Crippen molar-refractivity contribution in [3.63, 3.8) is 0 Å². The molecule has 0 aromatic heterocycles. The van der Waals surface area contributed by atoms with Crippen molar-refractivity contribution in [2.24, 2.45) is 5.92 Å². The summed E-state index contributed by atoms with van der Waals surface area (Å²) in [7, 11) is -1.94. The predicted octanol–water partition coefficient (Wildman–Crippen LogP) is 0.600. The molecule has 2 saturated heterocycles. The maximum absolute atomic E-state index is 12.8. The molecule has 0 saturated carbocycles. The second-order valence-corrected chi connectivity index (χ2v) is 8.71. The van der Waals surface area contributed by atoms with E-state index in [4.69, 9.17) is 9.47 Å². The zero-order valence-electron chi connectivity index (χ0n) is 15.6. The van der Waals surface area contributed by atoms with E-state index in [2.05, 4.69) is 5.32 Å². The standard InChI is InChI=1S/C18H27N3O5S/c1-25-17-6-2-4-15(12-17)13-19-18(22)16-5-3-7-21(14-16)27(23,24)20-8-10-26-11-9-20/h2,4,6,12,16H,3,5,7-11,13-14H2,1H3,(H,19,22)/t16-/m1/s1. The average molecular weight is 397 g/mol. The van der Waals surface area contributed by atoms with Crippen molar-refractivity contribution in [2.75, 3.05) is 46.5 Å². The van der Waals surface area contributed by atoms with Gasteiger partial charge < -0.3 is 14.8 Å². The molecule has 150 valence electrons. The summed E-state index contributed by atoms with van der Waals surface area (Å²) in [6.07, 6.45) is 1.37. The monoisotopic (exact) mass is 397 g/mol. The van der Waals surface area contributed by atoms with Gasteiger partial charge in [-0.2, -0.15) is 17.0 Å². The number of hydrogen-bond donors (Lipinski definition) is 1. The van der Waals surface area contributed by atoms with E-state index < -0.39 is 10.2 Å². The maximum Gasteiger partial charge on any atom is 0.282 e. The summed E-state index contributed by atoms with van der Waals surface area (Å²) in [4.78, 5) is 12.6. The molecule has 1 atom stereocenters. The van der Waals surface area contributed by atoms with Gasteiger partial charge in [0.2, 0.25) is 5.91 Å². The molecule has 0 radical (unpaired) electrons. The summed E-state index contributed by atoms with van der Waals surface area (Å²) in [6, 6.07) is 7.51. The van der Waals surface area contributed by atoms with Gasteiger partial charge >= 0.3 is 0 Å². The lowest BCUT2D eigenvalue weighted by molar-refractivity contribution is -0.126. The van der Waals surface area contributed by atoms with Gasteiger partial charge in [-0.25, -0.2) is 0 Å². The van der Waals surface area contributed by atoms with Gasteiger partial charge in [0.05, 0.1) is 26.2 Å². The summed E-state index contributed by atoms with van der Waals surface area (Å²) in [5.41, 5.74) is 0.941. The van der Waals surface area contributed by atoms with Gasteiger partial charge in [-0.1, -0.05) is 12.1 Å². The van der Waals surface area contributed by atoms with E-state index in [1.165, 1.54) is 8.61 Å². The molecule has 1 aromatic rings. The van der Waals surface area contributed by atoms with Crippen molar-refractivity contribution in [3.8, 4) is 5.75 Å². The smallest absolute Gasteiger partial charge is 0.282 e. The van der Waals surface area contributed by atoms with Crippen LogP contribution >= 0.6 is 0 Å². The number of nitrogens with one attached hydrogen (secondary N) is 1. The van der Waals surface area contributed by atoms with Crippen molar-refractivity contribution in [1.29, 1.82) is 0 Å². The SMILES string of the molecule is COc1cccc(CNC(=O)[C@@H]2CCCN(S(=O)(=O)N3CCOCC3)C2)c1. The predicted molar refractivity (Wildman–Crippen MR) is 100 cm³/mol. The molecule has 1 amide bonds. The van der Waals surface area contributed by atoms with Crippen LogP contribution in [0.1, 0.15) is 18.4 Å². The number of methoxy groups -OCH3 is 1. The first-order chi connectivity index (χ1) is 13.0. The molecule has 3 rings (SSSR count). The normalized spacial score (nSPS) is 22.3. The lowest BCUT2D eigenvalue weighted by Crippen LogP contribution is -2.52.